The first-order valence-electron chi connectivity index (χ1n) is 3.85. The molecule has 3 atom stereocenters. The number of hydrogen-bond acceptors (Lipinski definition) is 2. The van der Waals surface area contributed by atoms with Crippen LogP contribution in [-0.2, 0) is 0 Å². The molecule has 0 amide bonds. The van der Waals surface area contributed by atoms with Crippen LogP contribution in [-0.4, -0.2) is 35.7 Å². The van der Waals surface area contributed by atoms with Crippen LogP contribution in [0.15, 0.2) is 17.1 Å². The lowest BCUT2D eigenvalue weighted by molar-refractivity contribution is 0.354. The van der Waals surface area contributed by atoms with Gasteiger partial charge in [-0.25, -0.2) is 0 Å². The maximum absolute atomic E-state index is 5.98. The third kappa shape index (κ3) is 1.16. The second-order valence-electron chi connectivity index (χ2n) is 3.12. The highest BCUT2D eigenvalue weighted by Gasteiger charge is 2.30. The number of fused-ring (bicyclic) bond motifs is 1. The van der Waals surface area contributed by atoms with Gasteiger partial charge in [-0.1, -0.05) is 12.2 Å². The van der Waals surface area contributed by atoms with E-state index in [1.807, 2.05) is 12.4 Å². The summed E-state index contributed by atoms with van der Waals surface area (Å²) in [6.07, 6.45) is 7.05. The standard InChI is InChI=1S/C8H11ClN2/c1-11-5-10-7-3-2-6(9)4-8(7)11/h2-3,5-8H,4H2,1H3. The number of halogens is 1. The van der Waals surface area contributed by atoms with Crippen LogP contribution in [0.25, 0.3) is 0 Å². The Balaban J connectivity index is 2.17. The van der Waals surface area contributed by atoms with E-state index in [1.54, 1.807) is 0 Å². The van der Waals surface area contributed by atoms with Gasteiger partial charge in [0.25, 0.3) is 0 Å². The minimum absolute atomic E-state index is 0.195. The lowest BCUT2D eigenvalue weighted by atomic mass is 9.97. The molecule has 0 spiro atoms. The van der Waals surface area contributed by atoms with Crippen LogP contribution in [0.4, 0.5) is 0 Å². The summed E-state index contributed by atoms with van der Waals surface area (Å²) in [5, 5.41) is 0.195. The Kier molecular flexibility index (Phi) is 1.64. The van der Waals surface area contributed by atoms with E-state index in [1.165, 1.54) is 0 Å². The van der Waals surface area contributed by atoms with Crippen molar-refractivity contribution in [2.24, 2.45) is 4.99 Å². The van der Waals surface area contributed by atoms with E-state index in [4.69, 9.17) is 11.6 Å². The average molecular weight is 171 g/mol. The summed E-state index contributed by atoms with van der Waals surface area (Å²) in [6, 6.07) is 0.859. The predicted molar refractivity (Wildman–Crippen MR) is 47.2 cm³/mol. The molecule has 1 heterocycles. The van der Waals surface area contributed by atoms with Crippen molar-refractivity contribution in [2.45, 2.75) is 23.9 Å². The largest absolute Gasteiger partial charge is 0.360 e. The molecule has 1 aliphatic heterocycles. The van der Waals surface area contributed by atoms with Gasteiger partial charge in [0.15, 0.2) is 0 Å². The zero-order valence-electron chi connectivity index (χ0n) is 6.44. The molecule has 0 saturated heterocycles. The Morgan fingerprint density at radius 1 is 1.55 bits per heavy atom. The van der Waals surface area contributed by atoms with Crippen molar-refractivity contribution in [3.05, 3.63) is 12.2 Å². The molecule has 11 heavy (non-hydrogen) atoms. The number of rotatable bonds is 0. The van der Waals surface area contributed by atoms with E-state index in [2.05, 4.69) is 23.0 Å². The number of nitrogens with zero attached hydrogens (tertiary/aromatic N) is 2. The van der Waals surface area contributed by atoms with Crippen molar-refractivity contribution in [2.75, 3.05) is 7.05 Å². The molecule has 0 bridgehead atoms. The lowest BCUT2D eigenvalue weighted by Crippen LogP contribution is -2.36. The smallest absolute Gasteiger partial charge is 0.0901 e. The Morgan fingerprint density at radius 2 is 2.36 bits per heavy atom. The van der Waals surface area contributed by atoms with Crippen molar-refractivity contribution in [1.29, 1.82) is 0 Å². The average Bonchev–Trinajstić information content (AvgIpc) is 2.33. The Hall–Kier alpha value is -0.500. The third-order valence-electron chi connectivity index (χ3n) is 2.32. The molecule has 3 unspecified atom stereocenters. The topological polar surface area (TPSA) is 15.6 Å². The maximum atomic E-state index is 5.98. The molecule has 0 fully saturated rings. The summed E-state index contributed by atoms with van der Waals surface area (Å²) in [7, 11) is 2.05. The zero-order chi connectivity index (χ0) is 7.84. The Morgan fingerprint density at radius 3 is 3.18 bits per heavy atom. The minimum Gasteiger partial charge on any atom is -0.360 e. The summed E-state index contributed by atoms with van der Waals surface area (Å²) in [5.74, 6) is 0. The van der Waals surface area contributed by atoms with Crippen LogP contribution in [0.2, 0.25) is 0 Å². The fourth-order valence-electron chi connectivity index (χ4n) is 1.64. The van der Waals surface area contributed by atoms with Crippen molar-refractivity contribution in [3.63, 3.8) is 0 Å². The van der Waals surface area contributed by atoms with Crippen LogP contribution in [0.5, 0.6) is 0 Å². The molecule has 2 rings (SSSR count). The molecule has 1 aliphatic carbocycles. The number of allylic oxidation sites excluding steroid dienone is 1. The highest BCUT2D eigenvalue weighted by Crippen LogP contribution is 2.25. The van der Waals surface area contributed by atoms with E-state index in [0.717, 1.165) is 6.42 Å². The molecule has 0 N–H and O–H groups in total. The summed E-state index contributed by atoms with van der Waals surface area (Å²) in [5.41, 5.74) is 0. The number of likely N-dealkylation sites (N-methyl/N-ethyl adjacent to an activating group) is 1. The Bertz CT molecular complexity index is 212. The van der Waals surface area contributed by atoms with E-state index < -0.39 is 0 Å². The van der Waals surface area contributed by atoms with E-state index in [9.17, 15) is 0 Å². The van der Waals surface area contributed by atoms with Crippen LogP contribution >= 0.6 is 11.6 Å². The molecule has 0 saturated carbocycles. The summed E-state index contributed by atoms with van der Waals surface area (Å²) in [4.78, 5) is 6.47. The molecule has 2 aliphatic rings. The Labute approximate surface area is 71.6 Å². The first-order chi connectivity index (χ1) is 5.27. The maximum Gasteiger partial charge on any atom is 0.0901 e. The van der Waals surface area contributed by atoms with Gasteiger partial charge in [-0.05, 0) is 6.42 Å². The number of alkyl halides is 1. The van der Waals surface area contributed by atoms with E-state index >= 15 is 0 Å². The summed E-state index contributed by atoms with van der Waals surface area (Å²) in [6.45, 7) is 0. The van der Waals surface area contributed by atoms with E-state index in [0.29, 0.717) is 12.1 Å². The molecule has 2 nitrogen and oxygen atoms in total. The molecule has 0 aromatic carbocycles. The second-order valence-corrected chi connectivity index (χ2v) is 3.69. The van der Waals surface area contributed by atoms with Gasteiger partial charge in [0.1, 0.15) is 0 Å². The monoisotopic (exact) mass is 170 g/mol. The van der Waals surface area contributed by atoms with Crippen LogP contribution in [0.3, 0.4) is 0 Å². The van der Waals surface area contributed by atoms with E-state index in [-0.39, 0.29) is 5.38 Å². The number of hydrogen-bond donors (Lipinski definition) is 0. The van der Waals surface area contributed by atoms with Crippen molar-refractivity contribution in [3.8, 4) is 0 Å². The molecule has 0 aromatic rings. The van der Waals surface area contributed by atoms with Gasteiger partial charge >= 0.3 is 0 Å². The highest BCUT2D eigenvalue weighted by atomic mass is 35.5. The first kappa shape index (κ1) is 7.17. The second kappa shape index (κ2) is 2.52. The highest BCUT2D eigenvalue weighted by molar-refractivity contribution is 6.21. The molecule has 0 radical (unpaired) electrons. The predicted octanol–water partition coefficient (Wildman–Crippen LogP) is 1.26. The first-order valence-corrected chi connectivity index (χ1v) is 4.28. The molecule has 60 valence electrons. The fraction of sp³-hybridized carbons (Fsp3) is 0.625. The van der Waals surface area contributed by atoms with Gasteiger partial charge in [0, 0.05) is 7.05 Å². The van der Waals surface area contributed by atoms with Crippen LogP contribution in [0.1, 0.15) is 6.42 Å². The molecule has 0 aromatic heterocycles. The van der Waals surface area contributed by atoms with Crippen LogP contribution in [0, 0.1) is 0 Å². The molecule has 3 heteroatoms. The van der Waals surface area contributed by atoms with Crippen molar-refractivity contribution in [1.82, 2.24) is 4.90 Å². The fourth-order valence-corrected chi connectivity index (χ4v) is 1.90. The summed E-state index contributed by atoms with van der Waals surface area (Å²) < 4.78 is 0. The molecular formula is C8H11ClN2. The minimum atomic E-state index is 0.195. The SMILES string of the molecule is CN1C=NC2C=CC(Cl)CC21. The third-order valence-corrected chi connectivity index (χ3v) is 2.65. The van der Waals surface area contributed by atoms with Gasteiger partial charge in [-0.3, -0.25) is 4.99 Å². The quantitative estimate of drug-likeness (QED) is 0.395. The summed E-state index contributed by atoms with van der Waals surface area (Å²) >= 11 is 5.98. The number of aliphatic imine (C=N–C) groups is 1. The normalized spacial score (nSPS) is 41.3. The molecular weight excluding hydrogens is 160 g/mol. The van der Waals surface area contributed by atoms with Gasteiger partial charge in [0.2, 0.25) is 0 Å². The zero-order valence-corrected chi connectivity index (χ0v) is 7.20. The van der Waals surface area contributed by atoms with Gasteiger partial charge in [-0.15, -0.1) is 11.6 Å². The van der Waals surface area contributed by atoms with Crippen LogP contribution < -0.4 is 0 Å². The van der Waals surface area contributed by atoms with Gasteiger partial charge in [0.05, 0.1) is 23.8 Å². The van der Waals surface area contributed by atoms with Crippen molar-refractivity contribution >= 4 is 17.9 Å². The lowest BCUT2D eigenvalue weighted by Gasteiger charge is -2.27. The van der Waals surface area contributed by atoms with Gasteiger partial charge < -0.3 is 4.90 Å². The van der Waals surface area contributed by atoms with Gasteiger partial charge in [-0.2, -0.15) is 0 Å². The van der Waals surface area contributed by atoms with Crippen molar-refractivity contribution < 1.29 is 0 Å².